The quantitative estimate of drug-likeness (QED) is 0.704. The van der Waals surface area contributed by atoms with Crippen molar-refractivity contribution >= 4 is 19.5 Å². The van der Waals surface area contributed by atoms with Crippen LogP contribution in [0.4, 0.5) is 0 Å². The van der Waals surface area contributed by atoms with Gasteiger partial charge >= 0.3 is 0 Å². The van der Waals surface area contributed by atoms with Gasteiger partial charge in [-0.2, -0.15) is 0 Å². The highest BCUT2D eigenvalue weighted by atomic mass is 28.2. The summed E-state index contributed by atoms with van der Waals surface area (Å²) in [7, 11) is 0.830. The summed E-state index contributed by atoms with van der Waals surface area (Å²) >= 11 is 0. The maximum atomic E-state index is 2.24. The van der Waals surface area contributed by atoms with E-state index in [1.165, 1.54) is 27.0 Å². The van der Waals surface area contributed by atoms with Gasteiger partial charge in [0.2, 0.25) is 0 Å². The van der Waals surface area contributed by atoms with Gasteiger partial charge in [-0.05, 0) is 37.1 Å². The molecular weight excluding hydrogens is 220 g/mol. The predicted molar refractivity (Wildman–Crippen MR) is 78.4 cm³/mol. The molecule has 0 aliphatic rings. The molecule has 0 aliphatic carbocycles. The normalized spacial score (nSPS) is 10.1. The summed E-state index contributed by atoms with van der Waals surface area (Å²) in [6, 6.07) is 17.6. The topological polar surface area (TPSA) is 0 Å². The molecule has 0 heterocycles. The summed E-state index contributed by atoms with van der Waals surface area (Å²) in [6.45, 7) is 6.49. The molecule has 85 valence electrons. The Morgan fingerprint density at radius 3 is 1.71 bits per heavy atom. The van der Waals surface area contributed by atoms with E-state index in [9.17, 15) is 0 Å². The van der Waals surface area contributed by atoms with E-state index in [2.05, 4.69) is 69.3 Å². The molecule has 2 aromatic carbocycles. The van der Waals surface area contributed by atoms with Crippen molar-refractivity contribution in [2.24, 2.45) is 0 Å². The van der Waals surface area contributed by atoms with Crippen LogP contribution in [0.25, 0.3) is 11.1 Å². The minimum Gasteiger partial charge on any atom is -0.0906 e. The van der Waals surface area contributed by atoms with Gasteiger partial charge in [-0.1, -0.05) is 59.3 Å². The zero-order valence-corrected chi connectivity index (χ0v) is 11.6. The van der Waals surface area contributed by atoms with Crippen LogP contribution in [0.5, 0.6) is 0 Å². The lowest BCUT2D eigenvalue weighted by Crippen LogP contribution is -2.11. The number of benzene rings is 2. The Labute approximate surface area is 106 Å². The molecule has 17 heavy (non-hydrogen) atoms. The first-order chi connectivity index (χ1) is 8.15. The molecule has 0 saturated carbocycles. The number of rotatable bonds is 2. The maximum Gasteiger partial charge on any atom is 0.0583 e. The Bertz CT molecular complexity index is 514. The van der Waals surface area contributed by atoms with Crippen LogP contribution in [0, 0.1) is 6.92 Å². The van der Waals surface area contributed by atoms with Crippen LogP contribution in [0.3, 0.4) is 0 Å². The van der Waals surface area contributed by atoms with E-state index in [4.69, 9.17) is 0 Å². The second-order valence-corrected chi connectivity index (χ2v) is 6.40. The minimum atomic E-state index is 0.830. The second-order valence-electron chi connectivity index (χ2n) is 4.57. The van der Waals surface area contributed by atoms with Crippen molar-refractivity contribution in [2.45, 2.75) is 20.8 Å². The fourth-order valence-electron chi connectivity index (χ4n) is 1.78. The fourth-order valence-corrected chi connectivity index (χ4v) is 2.69. The van der Waals surface area contributed by atoms with Crippen molar-refractivity contribution in [1.82, 2.24) is 0 Å². The molecule has 0 nitrogen and oxygen atoms in total. The third kappa shape index (κ3) is 3.24. The fraction of sp³-hybridized carbons (Fsp3) is 0.188. The molecule has 2 aromatic rings. The zero-order chi connectivity index (χ0) is 12.3. The van der Waals surface area contributed by atoms with Crippen molar-refractivity contribution in [3.8, 4) is 11.1 Å². The minimum absolute atomic E-state index is 0.830. The van der Waals surface area contributed by atoms with Gasteiger partial charge in [0.05, 0.1) is 9.13 Å². The van der Waals surface area contributed by atoms with Crippen LogP contribution in [-0.4, -0.2) is 14.3 Å². The van der Waals surface area contributed by atoms with Crippen LogP contribution in [-0.2, 0) is 0 Å². The molecule has 0 aliphatic heterocycles. The molecule has 0 fully saturated rings. The Hall–Kier alpha value is -1.47. The highest BCUT2D eigenvalue weighted by Gasteiger charge is 1.97. The first-order valence-electron chi connectivity index (χ1n) is 5.89. The van der Waals surface area contributed by atoms with Crippen LogP contribution in [0.1, 0.15) is 19.4 Å². The van der Waals surface area contributed by atoms with Crippen LogP contribution in [0.2, 0.25) is 0 Å². The first kappa shape index (κ1) is 12.0. The van der Waals surface area contributed by atoms with E-state index < -0.39 is 0 Å². The van der Waals surface area contributed by atoms with Crippen LogP contribution < -0.4 is 5.19 Å². The van der Waals surface area contributed by atoms with Crippen molar-refractivity contribution in [2.75, 3.05) is 0 Å². The van der Waals surface area contributed by atoms with Crippen molar-refractivity contribution in [1.29, 1.82) is 0 Å². The summed E-state index contributed by atoms with van der Waals surface area (Å²) < 4.78 is 0. The summed E-state index contributed by atoms with van der Waals surface area (Å²) in [6.07, 6.45) is 0. The Morgan fingerprint density at radius 1 is 0.765 bits per heavy atom. The van der Waals surface area contributed by atoms with E-state index in [0.29, 0.717) is 0 Å². The molecule has 1 heteroatoms. The van der Waals surface area contributed by atoms with E-state index in [-0.39, 0.29) is 0 Å². The highest BCUT2D eigenvalue weighted by molar-refractivity contribution is 6.65. The molecule has 2 rings (SSSR count). The summed E-state index contributed by atoms with van der Waals surface area (Å²) in [5.74, 6) is 0. The Morgan fingerprint density at radius 2 is 1.24 bits per heavy atom. The first-order valence-corrected chi connectivity index (χ1v) is 6.89. The molecular formula is C16H17Si. The van der Waals surface area contributed by atoms with E-state index in [1.54, 1.807) is 0 Å². The molecule has 0 saturated heterocycles. The van der Waals surface area contributed by atoms with E-state index in [1.807, 2.05) is 0 Å². The second kappa shape index (κ2) is 5.24. The average Bonchev–Trinajstić information content (AvgIpc) is 2.30. The molecule has 0 N–H and O–H groups in total. The SMILES string of the molecule is CC(C)=[Si]c1ccc(-c2ccc(C)cc2)cc1. The Kier molecular flexibility index (Phi) is 3.70. The summed E-state index contributed by atoms with van der Waals surface area (Å²) in [5, 5.41) is 2.90. The van der Waals surface area contributed by atoms with Gasteiger partial charge < -0.3 is 0 Å². The van der Waals surface area contributed by atoms with Crippen molar-refractivity contribution < 1.29 is 0 Å². The van der Waals surface area contributed by atoms with Crippen LogP contribution >= 0.6 is 0 Å². The lowest BCUT2D eigenvalue weighted by atomic mass is 10.0. The molecule has 0 bridgehead atoms. The third-order valence-corrected chi connectivity index (χ3v) is 3.79. The van der Waals surface area contributed by atoms with E-state index >= 15 is 0 Å². The maximum absolute atomic E-state index is 2.24. The lowest BCUT2D eigenvalue weighted by Gasteiger charge is -2.03. The standard InChI is InChI=1S/C16H17Si/c1-12(2)17-16-10-8-15(9-11-16)14-6-4-13(3)5-7-14/h4-11H,1-3H3. The summed E-state index contributed by atoms with van der Waals surface area (Å²) in [5.41, 5.74) is 3.90. The highest BCUT2D eigenvalue weighted by Crippen LogP contribution is 2.18. The monoisotopic (exact) mass is 237 g/mol. The van der Waals surface area contributed by atoms with Gasteiger partial charge in [-0.3, -0.25) is 0 Å². The molecule has 0 spiro atoms. The van der Waals surface area contributed by atoms with Gasteiger partial charge in [0.15, 0.2) is 0 Å². The molecule has 0 atom stereocenters. The smallest absolute Gasteiger partial charge is 0.0583 e. The number of hydrogen-bond acceptors (Lipinski definition) is 0. The molecule has 0 amide bonds. The molecule has 1 radical (unpaired) electrons. The predicted octanol–water partition coefficient (Wildman–Crippen LogP) is 3.20. The van der Waals surface area contributed by atoms with Crippen molar-refractivity contribution in [3.05, 3.63) is 54.1 Å². The van der Waals surface area contributed by atoms with Gasteiger partial charge in [-0.25, -0.2) is 0 Å². The molecule has 0 unspecified atom stereocenters. The molecule has 0 aromatic heterocycles. The average molecular weight is 237 g/mol. The van der Waals surface area contributed by atoms with Gasteiger partial charge in [0.1, 0.15) is 0 Å². The number of aryl methyl sites for hydroxylation is 1. The third-order valence-electron chi connectivity index (χ3n) is 2.66. The van der Waals surface area contributed by atoms with Gasteiger partial charge in [0.25, 0.3) is 0 Å². The van der Waals surface area contributed by atoms with Crippen molar-refractivity contribution in [3.63, 3.8) is 0 Å². The van der Waals surface area contributed by atoms with Gasteiger partial charge in [0, 0.05) is 0 Å². The zero-order valence-electron chi connectivity index (χ0n) is 10.6. The van der Waals surface area contributed by atoms with Gasteiger partial charge in [-0.15, -0.1) is 0 Å². The van der Waals surface area contributed by atoms with Crippen LogP contribution in [0.15, 0.2) is 48.5 Å². The van der Waals surface area contributed by atoms with E-state index in [0.717, 1.165) is 9.13 Å². The summed E-state index contributed by atoms with van der Waals surface area (Å²) in [4.78, 5) is 0. The lowest BCUT2D eigenvalue weighted by molar-refractivity contribution is 1.47. The number of hydrogen-bond donors (Lipinski definition) is 0. The largest absolute Gasteiger partial charge is 0.0906 e. The Balaban J connectivity index is 2.29.